The van der Waals surface area contributed by atoms with E-state index in [2.05, 4.69) is 20.7 Å². The van der Waals surface area contributed by atoms with Crippen LogP contribution in [-0.4, -0.2) is 22.1 Å². The Labute approximate surface area is 137 Å². The minimum absolute atomic E-state index is 0.00359. The molecule has 0 aliphatic heterocycles. The van der Waals surface area contributed by atoms with E-state index in [4.69, 9.17) is 4.74 Å². The van der Waals surface area contributed by atoms with Crippen molar-refractivity contribution >= 4 is 26.0 Å². The van der Waals surface area contributed by atoms with Crippen LogP contribution in [0.15, 0.2) is 57.9 Å². The predicted molar refractivity (Wildman–Crippen MR) is 85.5 cm³/mol. The molecule has 118 valence electrons. The lowest BCUT2D eigenvalue weighted by Gasteiger charge is -2.17. The highest BCUT2D eigenvalue weighted by molar-refractivity contribution is 9.10. The second-order valence-corrected chi connectivity index (χ2v) is 7.15. The summed E-state index contributed by atoms with van der Waals surface area (Å²) >= 11 is 3.21. The van der Waals surface area contributed by atoms with E-state index in [9.17, 15) is 12.8 Å². The first kappa shape index (κ1) is 17.1. The zero-order chi connectivity index (χ0) is 16.2. The summed E-state index contributed by atoms with van der Waals surface area (Å²) in [5.74, 6) is -0.395. The molecule has 2 aromatic carbocycles. The molecule has 0 bridgehead atoms. The molecule has 0 fully saturated rings. The van der Waals surface area contributed by atoms with Crippen LogP contribution >= 0.6 is 15.9 Å². The molecule has 0 aromatic heterocycles. The van der Waals surface area contributed by atoms with Crippen molar-refractivity contribution in [2.24, 2.45) is 0 Å². The van der Waals surface area contributed by atoms with Gasteiger partial charge in [-0.3, -0.25) is 0 Å². The van der Waals surface area contributed by atoms with E-state index in [-0.39, 0.29) is 11.4 Å². The van der Waals surface area contributed by atoms with Gasteiger partial charge in [-0.15, -0.1) is 0 Å². The molecule has 2 rings (SSSR count). The Morgan fingerprint density at radius 3 is 2.59 bits per heavy atom. The van der Waals surface area contributed by atoms with E-state index in [0.717, 1.165) is 0 Å². The van der Waals surface area contributed by atoms with Gasteiger partial charge in [0.15, 0.2) is 0 Å². The predicted octanol–water partition coefficient (Wildman–Crippen LogP) is 3.25. The van der Waals surface area contributed by atoms with Gasteiger partial charge in [0.2, 0.25) is 10.0 Å². The third-order valence-corrected chi connectivity index (χ3v) is 5.53. The number of methoxy groups -OCH3 is 1. The molecule has 0 amide bonds. The monoisotopic (exact) mass is 387 g/mol. The number of halogens is 2. The third-order valence-electron chi connectivity index (χ3n) is 3.09. The van der Waals surface area contributed by atoms with Gasteiger partial charge in [0, 0.05) is 18.1 Å². The Balaban J connectivity index is 2.15. The summed E-state index contributed by atoms with van der Waals surface area (Å²) in [5, 5.41) is 0. The molecule has 0 aliphatic carbocycles. The minimum atomic E-state index is -3.68. The molecular weight excluding hydrogens is 373 g/mol. The van der Waals surface area contributed by atoms with Gasteiger partial charge in [-0.05, 0) is 45.8 Å². The van der Waals surface area contributed by atoms with E-state index < -0.39 is 21.9 Å². The molecule has 0 saturated heterocycles. The molecule has 0 aliphatic rings. The normalized spacial score (nSPS) is 13.0. The van der Waals surface area contributed by atoms with E-state index in [1.54, 1.807) is 30.3 Å². The Hall–Kier alpha value is -1.28. The van der Waals surface area contributed by atoms with Crippen molar-refractivity contribution in [2.45, 2.75) is 11.0 Å². The smallest absolute Gasteiger partial charge is 0.241 e. The van der Waals surface area contributed by atoms with Crippen LogP contribution in [0.1, 0.15) is 11.7 Å². The second-order valence-electron chi connectivity index (χ2n) is 4.56. The number of rotatable bonds is 6. The summed E-state index contributed by atoms with van der Waals surface area (Å²) in [6.45, 7) is 0.00359. The number of ether oxygens (including phenoxy) is 1. The topological polar surface area (TPSA) is 55.4 Å². The molecule has 0 spiro atoms. The van der Waals surface area contributed by atoms with Crippen LogP contribution in [0.25, 0.3) is 0 Å². The minimum Gasteiger partial charge on any atom is -0.375 e. The Morgan fingerprint density at radius 2 is 1.95 bits per heavy atom. The molecule has 0 saturated carbocycles. The molecule has 2 aromatic rings. The lowest BCUT2D eigenvalue weighted by molar-refractivity contribution is 0.107. The number of nitrogens with one attached hydrogen (secondary N) is 1. The summed E-state index contributed by atoms with van der Waals surface area (Å²) < 4.78 is 46.1. The fourth-order valence-corrected chi connectivity index (χ4v) is 4.00. The van der Waals surface area contributed by atoms with Gasteiger partial charge in [-0.2, -0.15) is 0 Å². The highest BCUT2D eigenvalue weighted by Gasteiger charge is 2.20. The standard InChI is InChI=1S/C15H15BrFNO3S/c1-21-14(11-5-4-6-12(17)9-11)10-18-22(19,20)15-8-3-2-7-13(15)16/h2-9,14,18H,10H2,1H3/t14-/m1/s1. The molecule has 1 atom stereocenters. The fourth-order valence-electron chi connectivity index (χ4n) is 1.97. The zero-order valence-electron chi connectivity index (χ0n) is 11.8. The summed E-state index contributed by atoms with van der Waals surface area (Å²) in [6, 6.07) is 12.4. The fraction of sp³-hybridized carbons (Fsp3) is 0.200. The number of hydrogen-bond donors (Lipinski definition) is 1. The average Bonchev–Trinajstić information content (AvgIpc) is 2.48. The largest absolute Gasteiger partial charge is 0.375 e. The van der Waals surface area contributed by atoms with E-state index >= 15 is 0 Å². The summed E-state index contributed by atoms with van der Waals surface area (Å²) in [6.07, 6.45) is -0.576. The van der Waals surface area contributed by atoms with Crippen LogP contribution in [0, 0.1) is 5.82 Å². The molecular formula is C15H15BrFNO3S. The number of sulfonamides is 1. The van der Waals surface area contributed by atoms with Gasteiger partial charge in [0.25, 0.3) is 0 Å². The molecule has 0 radical (unpaired) electrons. The van der Waals surface area contributed by atoms with Crippen LogP contribution in [0.4, 0.5) is 4.39 Å². The molecule has 1 N–H and O–H groups in total. The van der Waals surface area contributed by atoms with E-state index in [1.165, 1.54) is 25.3 Å². The Morgan fingerprint density at radius 1 is 1.23 bits per heavy atom. The first-order valence-corrected chi connectivity index (χ1v) is 8.74. The third kappa shape index (κ3) is 4.13. The molecule has 0 unspecified atom stereocenters. The quantitative estimate of drug-likeness (QED) is 0.827. The van der Waals surface area contributed by atoms with Crippen LogP contribution in [0.3, 0.4) is 0 Å². The highest BCUT2D eigenvalue weighted by Crippen LogP contribution is 2.22. The van der Waals surface area contributed by atoms with Crippen molar-refractivity contribution in [2.75, 3.05) is 13.7 Å². The van der Waals surface area contributed by atoms with Gasteiger partial charge >= 0.3 is 0 Å². The van der Waals surface area contributed by atoms with Gasteiger partial charge in [-0.25, -0.2) is 17.5 Å². The molecule has 0 heterocycles. The maximum Gasteiger partial charge on any atom is 0.241 e. The highest BCUT2D eigenvalue weighted by atomic mass is 79.9. The summed E-state index contributed by atoms with van der Waals surface area (Å²) in [5.41, 5.74) is 0.567. The van der Waals surface area contributed by atoms with Gasteiger partial charge < -0.3 is 4.74 Å². The van der Waals surface area contributed by atoms with E-state index in [1.807, 2.05) is 0 Å². The molecule has 4 nitrogen and oxygen atoms in total. The van der Waals surface area contributed by atoms with Gasteiger partial charge in [-0.1, -0.05) is 24.3 Å². The average molecular weight is 388 g/mol. The Bertz CT molecular complexity index is 752. The van der Waals surface area contributed by atoms with Crippen LogP contribution in [0.5, 0.6) is 0 Å². The van der Waals surface area contributed by atoms with Crippen molar-refractivity contribution < 1.29 is 17.5 Å². The van der Waals surface area contributed by atoms with Crippen molar-refractivity contribution in [1.29, 1.82) is 0 Å². The lowest BCUT2D eigenvalue weighted by atomic mass is 10.1. The van der Waals surface area contributed by atoms with Crippen molar-refractivity contribution in [1.82, 2.24) is 4.72 Å². The maximum atomic E-state index is 13.3. The second kappa shape index (κ2) is 7.32. The van der Waals surface area contributed by atoms with Crippen molar-refractivity contribution in [3.8, 4) is 0 Å². The first-order valence-electron chi connectivity index (χ1n) is 6.46. The number of benzene rings is 2. The maximum absolute atomic E-state index is 13.3. The molecule has 7 heteroatoms. The SMILES string of the molecule is CO[C@H](CNS(=O)(=O)c1ccccc1Br)c1cccc(F)c1. The molecule has 22 heavy (non-hydrogen) atoms. The van der Waals surface area contributed by atoms with Crippen LogP contribution in [0.2, 0.25) is 0 Å². The number of hydrogen-bond acceptors (Lipinski definition) is 3. The summed E-state index contributed by atoms with van der Waals surface area (Å²) in [4.78, 5) is 0.143. The van der Waals surface area contributed by atoms with Gasteiger partial charge in [0.05, 0.1) is 11.0 Å². The zero-order valence-corrected chi connectivity index (χ0v) is 14.2. The van der Waals surface area contributed by atoms with E-state index in [0.29, 0.717) is 10.0 Å². The Kier molecular flexibility index (Phi) is 5.69. The van der Waals surface area contributed by atoms with Crippen LogP contribution < -0.4 is 4.72 Å². The first-order chi connectivity index (χ1) is 10.4. The van der Waals surface area contributed by atoms with Gasteiger partial charge in [0.1, 0.15) is 5.82 Å². The van der Waals surface area contributed by atoms with Crippen molar-refractivity contribution in [3.05, 3.63) is 64.4 Å². The van der Waals surface area contributed by atoms with Crippen LogP contribution in [-0.2, 0) is 14.8 Å². The van der Waals surface area contributed by atoms with Crippen molar-refractivity contribution in [3.63, 3.8) is 0 Å². The summed E-state index contributed by atoms with van der Waals surface area (Å²) in [7, 11) is -2.24. The lowest BCUT2D eigenvalue weighted by Crippen LogP contribution is -2.29.